The van der Waals surface area contributed by atoms with Crippen LogP contribution in [0, 0.1) is 15.9 Å². The molecule has 1 aliphatic carbocycles. The number of rotatable bonds is 5. The fourth-order valence-corrected chi connectivity index (χ4v) is 2.46. The quantitative estimate of drug-likeness (QED) is 0.548. The summed E-state index contributed by atoms with van der Waals surface area (Å²) in [5.41, 5.74) is 0.686. The average molecular weight is 371 g/mol. The summed E-state index contributed by atoms with van der Waals surface area (Å²) in [6.45, 7) is 0. The molecule has 10 heteroatoms. The minimum atomic E-state index is -0.971. The number of benzene rings is 1. The van der Waals surface area contributed by atoms with Crippen molar-refractivity contribution < 1.29 is 18.9 Å². The standard InChI is InChI=1S/C17H14FN5O4/c18-11-4-6-12(7-5-11)20-17(25)15-14(9-19-22-15)21-16(24)10-2-1-3-13(8-10)23(26)27/h1-7,9,13H,8H2,(H,19,22)(H,20,25)(H,21,24). The number of nitro groups is 1. The van der Waals surface area contributed by atoms with Crippen LogP contribution >= 0.6 is 0 Å². The van der Waals surface area contributed by atoms with Crippen LogP contribution in [0.3, 0.4) is 0 Å². The summed E-state index contributed by atoms with van der Waals surface area (Å²) in [5, 5.41) is 22.2. The summed E-state index contributed by atoms with van der Waals surface area (Å²) >= 11 is 0. The number of aromatic nitrogens is 2. The largest absolute Gasteiger partial charge is 0.321 e. The van der Waals surface area contributed by atoms with Crippen molar-refractivity contribution in [3.8, 4) is 0 Å². The lowest BCUT2D eigenvalue weighted by atomic mass is 10.0. The summed E-state index contributed by atoms with van der Waals surface area (Å²) in [6, 6.07) is 4.19. The molecule has 2 amide bonds. The van der Waals surface area contributed by atoms with Crippen LogP contribution in [0.25, 0.3) is 0 Å². The number of carbonyl (C=O) groups is 2. The number of H-pyrrole nitrogens is 1. The first kappa shape index (κ1) is 18.0. The lowest BCUT2D eigenvalue weighted by Gasteiger charge is -2.13. The van der Waals surface area contributed by atoms with E-state index in [1.807, 2.05) is 0 Å². The van der Waals surface area contributed by atoms with E-state index in [1.165, 1.54) is 48.7 Å². The summed E-state index contributed by atoms with van der Waals surface area (Å²) in [5.74, 6) is -1.59. The van der Waals surface area contributed by atoms with E-state index in [1.54, 1.807) is 0 Å². The van der Waals surface area contributed by atoms with Crippen LogP contribution in [-0.4, -0.2) is 33.0 Å². The summed E-state index contributed by atoms with van der Waals surface area (Å²) < 4.78 is 12.9. The van der Waals surface area contributed by atoms with Crippen LogP contribution in [0.4, 0.5) is 15.8 Å². The summed E-state index contributed by atoms with van der Waals surface area (Å²) in [4.78, 5) is 35.1. The van der Waals surface area contributed by atoms with Crippen LogP contribution in [0.1, 0.15) is 16.9 Å². The maximum atomic E-state index is 12.9. The van der Waals surface area contributed by atoms with Gasteiger partial charge in [-0.2, -0.15) is 5.10 Å². The van der Waals surface area contributed by atoms with Gasteiger partial charge in [0.15, 0.2) is 0 Å². The van der Waals surface area contributed by atoms with E-state index in [-0.39, 0.29) is 23.4 Å². The number of allylic oxidation sites excluding steroid dienone is 2. The minimum Gasteiger partial charge on any atom is -0.321 e. The van der Waals surface area contributed by atoms with E-state index in [0.29, 0.717) is 5.69 Å². The highest BCUT2D eigenvalue weighted by molar-refractivity contribution is 6.11. The third kappa shape index (κ3) is 4.24. The Hall–Kier alpha value is -3.82. The molecule has 0 radical (unpaired) electrons. The van der Waals surface area contributed by atoms with Gasteiger partial charge in [0, 0.05) is 22.6 Å². The lowest BCUT2D eigenvalue weighted by Crippen LogP contribution is -2.25. The van der Waals surface area contributed by atoms with Gasteiger partial charge in [0.05, 0.1) is 11.9 Å². The van der Waals surface area contributed by atoms with Gasteiger partial charge in [-0.3, -0.25) is 24.8 Å². The van der Waals surface area contributed by atoms with Gasteiger partial charge in [-0.25, -0.2) is 4.39 Å². The molecule has 1 atom stereocenters. The van der Waals surface area contributed by atoms with E-state index >= 15 is 0 Å². The highest BCUT2D eigenvalue weighted by Crippen LogP contribution is 2.20. The molecule has 0 aliphatic heterocycles. The van der Waals surface area contributed by atoms with Gasteiger partial charge in [0.1, 0.15) is 11.5 Å². The van der Waals surface area contributed by atoms with Gasteiger partial charge >= 0.3 is 0 Å². The number of aromatic amines is 1. The van der Waals surface area contributed by atoms with Crippen LogP contribution in [0.2, 0.25) is 0 Å². The number of carbonyl (C=O) groups excluding carboxylic acids is 2. The molecular weight excluding hydrogens is 357 g/mol. The highest BCUT2D eigenvalue weighted by Gasteiger charge is 2.25. The maximum absolute atomic E-state index is 12.9. The monoisotopic (exact) mass is 371 g/mol. The number of halogens is 1. The second-order valence-electron chi connectivity index (χ2n) is 5.71. The molecule has 27 heavy (non-hydrogen) atoms. The molecule has 1 unspecified atom stereocenters. The van der Waals surface area contributed by atoms with Crippen molar-refractivity contribution in [2.75, 3.05) is 10.6 Å². The molecule has 2 aromatic rings. The maximum Gasteiger partial charge on any atom is 0.275 e. The molecule has 9 nitrogen and oxygen atoms in total. The minimum absolute atomic E-state index is 0.00884. The summed E-state index contributed by atoms with van der Waals surface area (Å²) in [7, 11) is 0. The van der Waals surface area contributed by atoms with Gasteiger partial charge in [-0.1, -0.05) is 12.2 Å². The topological polar surface area (TPSA) is 130 Å². The Morgan fingerprint density at radius 2 is 1.96 bits per heavy atom. The molecule has 0 saturated heterocycles. The third-order valence-corrected chi connectivity index (χ3v) is 3.84. The number of nitrogens with one attached hydrogen (secondary N) is 3. The van der Waals surface area contributed by atoms with Crippen molar-refractivity contribution in [1.29, 1.82) is 0 Å². The second kappa shape index (κ2) is 7.60. The molecule has 1 aromatic carbocycles. The molecule has 3 rings (SSSR count). The molecule has 0 fully saturated rings. The molecular formula is C17H14FN5O4. The van der Waals surface area contributed by atoms with E-state index in [9.17, 15) is 24.1 Å². The first-order valence-electron chi connectivity index (χ1n) is 7.86. The van der Waals surface area contributed by atoms with E-state index in [0.717, 1.165) is 0 Å². The van der Waals surface area contributed by atoms with Gasteiger partial charge in [-0.15, -0.1) is 0 Å². The molecule has 0 spiro atoms. The molecule has 0 bridgehead atoms. The zero-order valence-corrected chi connectivity index (χ0v) is 13.8. The van der Waals surface area contributed by atoms with Crippen LogP contribution < -0.4 is 10.6 Å². The third-order valence-electron chi connectivity index (χ3n) is 3.84. The first-order chi connectivity index (χ1) is 12.9. The Morgan fingerprint density at radius 3 is 2.67 bits per heavy atom. The average Bonchev–Trinajstić information content (AvgIpc) is 3.12. The predicted molar refractivity (Wildman–Crippen MR) is 94.2 cm³/mol. The highest BCUT2D eigenvalue weighted by atomic mass is 19.1. The molecule has 3 N–H and O–H groups in total. The van der Waals surface area contributed by atoms with Gasteiger partial charge in [0.25, 0.3) is 11.8 Å². The van der Waals surface area contributed by atoms with Crippen LogP contribution in [0.15, 0.2) is 54.3 Å². The number of hydrogen-bond donors (Lipinski definition) is 3. The Bertz CT molecular complexity index is 948. The number of amides is 2. The smallest absolute Gasteiger partial charge is 0.275 e. The van der Waals surface area contributed by atoms with Crippen LogP contribution in [0.5, 0.6) is 0 Å². The Morgan fingerprint density at radius 1 is 1.22 bits per heavy atom. The van der Waals surface area contributed by atoms with Crippen molar-refractivity contribution in [1.82, 2.24) is 10.2 Å². The van der Waals surface area contributed by atoms with Crippen molar-refractivity contribution in [3.63, 3.8) is 0 Å². The van der Waals surface area contributed by atoms with E-state index < -0.39 is 28.6 Å². The molecule has 1 aromatic heterocycles. The van der Waals surface area contributed by atoms with E-state index in [2.05, 4.69) is 20.8 Å². The van der Waals surface area contributed by atoms with Crippen LogP contribution in [-0.2, 0) is 4.79 Å². The Balaban J connectivity index is 1.69. The zero-order valence-electron chi connectivity index (χ0n) is 13.8. The normalized spacial score (nSPS) is 15.7. The SMILES string of the molecule is O=C(Nc1cn[nH]c1C(=O)Nc1ccc(F)cc1)C1=CC=CC([N+](=O)[O-])C1. The van der Waals surface area contributed by atoms with Crippen molar-refractivity contribution in [2.45, 2.75) is 12.5 Å². The van der Waals surface area contributed by atoms with Crippen molar-refractivity contribution >= 4 is 23.2 Å². The fraction of sp³-hybridized carbons (Fsp3) is 0.118. The Kier molecular flexibility index (Phi) is 5.06. The number of anilines is 2. The zero-order chi connectivity index (χ0) is 19.4. The summed E-state index contributed by atoms with van der Waals surface area (Å²) in [6.07, 6.45) is 5.53. The van der Waals surface area contributed by atoms with E-state index in [4.69, 9.17) is 0 Å². The van der Waals surface area contributed by atoms with Crippen molar-refractivity contribution in [3.05, 3.63) is 75.9 Å². The van der Waals surface area contributed by atoms with Gasteiger partial charge in [0.2, 0.25) is 6.04 Å². The van der Waals surface area contributed by atoms with Crippen molar-refractivity contribution in [2.24, 2.45) is 0 Å². The number of nitrogens with zero attached hydrogens (tertiary/aromatic N) is 2. The lowest BCUT2D eigenvalue weighted by molar-refractivity contribution is -0.508. The fourth-order valence-electron chi connectivity index (χ4n) is 2.46. The van der Waals surface area contributed by atoms with Gasteiger partial charge < -0.3 is 10.6 Å². The molecule has 138 valence electrons. The Labute approximate surface area is 152 Å². The van der Waals surface area contributed by atoms with Gasteiger partial charge in [-0.05, 0) is 30.3 Å². The second-order valence-corrected chi connectivity index (χ2v) is 5.71. The number of hydrogen-bond acceptors (Lipinski definition) is 5. The predicted octanol–water partition coefficient (Wildman–Crippen LogP) is 2.27. The molecule has 0 saturated carbocycles. The molecule has 1 heterocycles. The molecule has 1 aliphatic rings. The first-order valence-corrected chi connectivity index (χ1v) is 7.86.